The van der Waals surface area contributed by atoms with E-state index >= 15 is 0 Å². The monoisotopic (exact) mass is 345 g/mol. The molecule has 2 aromatic rings. The molecular formula is C18H20ClN3O2. The van der Waals surface area contributed by atoms with Crippen LogP contribution >= 0.6 is 11.6 Å². The van der Waals surface area contributed by atoms with Gasteiger partial charge in [0.1, 0.15) is 0 Å². The number of halogens is 1. The van der Waals surface area contributed by atoms with Crippen molar-refractivity contribution in [2.75, 3.05) is 17.2 Å². The molecule has 0 heterocycles. The maximum Gasteiger partial charge on any atom is 0.238 e. The number of rotatable bonds is 6. The highest BCUT2D eigenvalue weighted by Gasteiger charge is 2.08. The van der Waals surface area contributed by atoms with E-state index in [9.17, 15) is 9.59 Å². The summed E-state index contributed by atoms with van der Waals surface area (Å²) in [6, 6.07) is 14.5. The van der Waals surface area contributed by atoms with Crippen LogP contribution in [0.5, 0.6) is 0 Å². The first-order chi connectivity index (χ1) is 11.4. The summed E-state index contributed by atoms with van der Waals surface area (Å²) in [6.45, 7) is 3.62. The molecule has 24 heavy (non-hydrogen) atoms. The van der Waals surface area contributed by atoms with Crippen LogP contribution in [-0.4, -0.2) is 18.4 Å². The van der Waals surface area contributed by atoms with Crippen LogP contribution < -0.4 is 16.0 Å². The molecule has 0 spiro atoms. The molecule has 1 atom stereocenters. The molecule has 0 aliphatic heterocycles. The lowest BCUT2D eigenvalue weighted by Crippen LogP contribution is -2.30. The van der Waals surface area contributed by atoms with Gasteiger partial charge in [-0.15, -0.1) is 0 Å². The minimum Gasteiger partial charge on any atom is -0.326 e. The number of anilines is 2. The van der Waals surface area contributed by atoms with Crippen LogP contribution in [0.2, 0.25) is 5.02 Å². The predicted octanol–water partition coefficient (Wildman–Crippen LogP) is 3.59. The minimum absolute atomic E-state index is 0.0372. The third-order valence-corrected chi connectivity index (χ3v) is 3.68. The van der Waals surface area contributed by atoms with Crippen molar-refractivity contribution in [1.82, 2.24) is 5.32 Å². The lowest BCUT2D eigenvalue weighted by molar-refractivity contribution is -0.115. The van der Waals surface area contributed by atoms with Gasteiger partial charge in [-0.05, 0) is 48.9 Å². The highest BCUT2D eigenvalue weighted by Crippen LogP contribution is 2.16. The minimum atomic E-state index is -0.136. The third-order valence-electron chi connectivity index (χ3n) is 3.43. The second-order valence-corrected chi connectivity index (χ2v) is 5.90. The van der Waals surface area contributed by atoms with E-state index in [0.29, 0.717) is 16.4 Å². The first-order valence-electron chi connectivity index (χ1n) is 7.60. The van der Waals surface area contributed by atoms with Gasteiger partial charge in [0.15, 0.2) is 0 Å². The Labute approximate surface area is 146 Å². The van der Waals surface area contributed by atoms with Gasteiger partial charge in [-0.25, -0.2) is 0 Å². The first-order valence-corrected chi connectivity index (χ1v) is 7.98. The summed E-state index contributed by atoms with van der Waals surface area (Å²) in [7, 11) is 0. The number of carbonyl (C=O) groups is 2. The standard InChI is InChI=1S/C18H20ClN3O2/c1-12(14-3-5-15(19)6-4-14)20-11-18(24)22-17-9-7-16(8-10-17)21-13(2)23/h3-10,12,20H,11H2,1-2H3,(H,21,23)(H,22,24)/t12-/m0/s1. The van der Waals surface area contributed by atoms with Crippen LogP contribution in [0.1, 0.15) is 25.5 Å². The Kier molecular flexibility index (Phi) is 6.35. The van der Waals surface area contributed by atoms with Gasteiger partial charge in [-0.1, -0.05) is 23.7 Å². The fourth-order valence-electron chi connectivity index (χ4n) is 2.16. The SMILES string of the molecule is CC(=O)Nc1ccc(NC(=O)CN[C@@H](C)c2ccc(Cl)cc2)cc1. The summed E-state index contributed by atoms with van der Waals surface area (Å²) in [5.74, 6) is -0.268. The van der Waals surface area contributed by atoms with Crippen molar-refractivity contribution in [3.8, 4) is 0 Å². The van der Waals surface area contributed by atoms with Crippen molar-refractivity contribution in [3.05, 3.63) is 59.1 Å². The van der Waals surface area contributed by atoms with Gasteiger partial charge in [0.2, 0.25) is 11.8 Å². The first kappa shape index (κ1) is 18.0. The summed E-state index contributed by atoms with van der Waals surface area (Å²) in [5.41, 5.74) is 2.43. The molecule has 0 fully saturated rings. The molecule has 126 valence electrons. The van der Waals surface area contributed by atoms with Crippen molar-refractivity contribution in [3.63, 3.8) is 0 Å². The van der Waals surface area contributed by atoms with E-state index in [0.717, 1.165) is 5.56 Å². The highest BCUT2D eigenvalue weighted by atomic mass is 35.5. The lowest BCUT2D eigenvalue weighted by Gasteiger charge is -2.14. The Morgan fingerprint density at radius 1 is 0.958 bits per heavy atom. The maximum atomic E-state index is 12.0. The van der Waals surface area contributed by atoms with Crippen molar-refractivity contribution in [2.24, 2.45) is 0 Å². The Balaban J connectivity index is 1.82. The fourth-order valence-corrected chi connectivity index (χ4v) is 2.29. The molecule has 0 saturated heterocycles. The van der Waals surface area contributed by atoms with Gasteiger partial charge < -0.3 is 16.0 Å². The largest absolute Gasteiger partial charge is 0.326 e. The van der Waals surface area contributed by atoms with Gasteiger partial charge in [-0.2, -0.15) is 0 Å². The van der Waals surface area contributed by atoms with E-state index in [-0.39, 0.29) is 24.4 Å². The average Bonchev–Trinajstić information content (AvgIpc) is 2.54. The van der Waals surface area contributed by atoms with Crippen LogP contribution in [0.3, 0.4) is 0 Å². The second-order valence-electron chi connectivity index (χ2n) is 5.46. The van der Waals surface area contributed by atoms with E-state index in [1.54, 1.807) is 24.3 Å². The molecule has 0 saturated carbocycles. The van der Waals surface area contributed by atoms with E-state index in [2.05, 4.69) is 16.0 Å². The van der Waals surface area contributed by atoms with E-state index in [1.165, 1.54) is 6.92 Å². The number of hydrogen-bond acceptors (Lipinski definition) is 3. The van der Waals surface area contributed by atoms with Crippen LogP contribution in [-0.2, 0) is 9.59 Å². The molecule has 0 radical (unpaired) electrons. The Morgan fingerprint density at radius 3 is 2.04 bits per heavy atom. The van der Waals surface area contributed by atoms with Gasteiger partial charge in [0, 0.05) is 29.4 Å². The quantitative estimate of drug-likeness (QED) is 0.749. The summed E-state index contributed by atoms with van der Waals surface area (Å²) < 4.78 is 0. The number of amides is 2. The normalized spacial score (nSPS) is 11.6. The topological polar surface area (TPSA) is 70.2 Å². The molecule has 0 aliphatic carbocycles. The maximum absolute atomic E-state index is 12.0. The lowest BCUT2D eigenvalue weighted by atomic mass is 10.1. The predicted molar refractivity (Wildman–Crippen MR) is 97.2 cm³/mol. The third kappa shape index (κ3) is 5.68. The summed E-state index contributed by atoms with van der Waals surface area (Å²) in [5, 5.41) is 9.33. The van der Waals surface area contributed by atoms with Crippen molar-refractivity contribution in [1.29, 1.82) is 0 Å². The molecule has 0 aliphatic rings. The Bertz CT molecular complexity index is 699. The Morgan fingerprint density at radius 2 is 1.50 bits per heavy atom. The van der Waals surface area contributed by atoms with Gasteiger partial charge in [0.05, 0.1) is 6.54 Å². The zero-order valence-corrected chi connectivity index (χ0v) is 14.4. The number of benzene rings is 2. The van der Waals surface area contributed by atoms with Crippen molar-refractivity contribution < 1.29 is 9.59 Å². The molecule has 3 N–H and O–H groups in total. The second kappa shape index (κ2) is 8.47. The molecule has 2 amide bonds. The molecule has 0 bridgehead atoms. The molecule has 5 nitrogen and oxygen atoms in total. The van der Waals surface area contributed by atoms with Crippen LogP contribution in [0.4, 0.5) is 11.4 Å². The molecule has 2 aromatic carbocycles. The zero-order chi connectivity index (χ0) is 17.5. The van der Waals surface area contributed by atoms with Crippen molar-refractivity contribution in [2.45, 2.75) is 19.9 Å². The smallest absolute Gasteiger partial charge is 0.238 e. The van der Waals surface area contributed by atoms with Crippen LogP contribution in [0.15, 0.2) is 48.5 Å². The van der Waals surface area contributed by atoms with E-state index in [1.807, 2.05) is 31.2 Å². The molecule has 2 rings (SSSR count). The van der Waals surface area contributed by atoms with E-state index in [4.69, 9.17) is 11.6 Å². The summed E-state index contributed by atoms with van der Waals surface area (Å²) >= 11 is 5.87. The number of nitrogens with one attached hydrogen (secondary N) is 3. The average molecular weight is 346 g/mol. The number of carbonyl (C=O) groups excluding carboxylic acids is 2. The summed E-state index contributed by atoms with van der Waals surface area (Å²) in [4.78, 5) is 23.0. The molecule has 6 heteroatoms. The van der Waals surface area contributed by atoms with Crippen molar-refractivity contribution >= 4 is 34.8 Å². The molecule has 0 aromatic heterocycles. The van der Waals surface area contributed by atoms with E-state index < -0.39 is 0 Å². The van der Waals surface area contributed by atoms with Crippen LogP contribution in [0, 0.1) is 0 Å². The zero-order valence-electron chi connectivity index (χ0n) is 13.6. The molecule has 0 unspecified atom stereocenters. The Hall–Kier alpha value is -2.37. The molecular weight excluding hydrogens is 326 g/mol. The van der Waals surface area contributed by atoms with Gasteiger partial charge >= 0.3 is 0 Å². The van der Waals surface area contributed by atoms with Crippen LogP contribution in [0.25, 0.3) is 0 Å². The van der Waals surface area contributed by atoms with Gasteiger partial charge in [-0.3, -0.25) is 9.59 Å². The highest BCUT2D eigenvalue weighted by molar-refractivity contribution is 6.30. The summed E-state index contributed by atoms with van der Waals surface area (Å²) in [6.07, 6.45) is 0. The fraction of sp³-hybridized carbons (Fsp3) is 0.222. The van der Waals surface area contributed by atoms with Gasteiger partial charge in [0.25, 0.3) is 0 Å². The number of hydrogen-bond donors (Lipinski definition) is 3.